The Labute approximate surface area is 274 Å². The Morgan fingerprint density at radius 1 is 0.792 bits per heavy atom. The summed E-state index contributed by atoms with van der Waals surface area (Å²) in [6.45, 7) is -0.611. The van der Waals surface area contributed by atoms with Crippen LogP contribution in [-0.2, 0) is 39.0 Å². The molecule has 1 N–H and O–H groups in total. The molecule has 5 nitrogen and oxygen atoms in total. The van der Waals surface area contributed by atoms with Gasteiger partial charge in [-0.1, -0.05) is 78.9 Å². The van der Waals surface area contributed by atoms with E-state index in [4.69, 9.17) is 4.74 Å². The summed E-state index contributed by atoms with van der Waals surface area (Å²) in [5.74, 6) is 0. The van der Waals surface area contributed by atoms with Crippen LogP contribution < -0.4 is 0 Å². The van der Waals surface area contributed by atoms with E-state index in [0.717, 1.165) is 5.56 Å². The van der Waals surface area contributed by atoms with Crippen molar-refractivity contribution in [2.45, 2.75) is 72.1 Å². The molecule has 0 aromatic heterocycles. The smallest absolute Gasteiger partial charge is 0.393 e. The van der Waals surface area contributed by atoms with Crippen molar-refractivity contribution < 1.29 is 44.6 Å². The lowest BCUT2D eigenvalue weighted by molar-refractivity contribution is -0.146. The van der Waals surface area contributed by atoms with E-state index in [-0.39, 0.29) is 23.8 Å². The SMILES string of the molecule is O=S(=O)(c1ccccc1)[C@@H]1C[C@@]2(c3ccccc3)[C@H](O[C@H](CO)c3cc(C(F)(F)F)cc(C(F)(F)F)c3)CC[C@@H]1N2Cc1ccccc1. The molecule has 5 atom stereocenters. The molecule has 6 rings (SSSR count). The summed E-state index contributed by atoms with van der Waals surface area (Å²) in [5, 5.41) is 9.55. The first-order valence-electron chi connectivity index (χ1n) is 15.5. The highest BCUT2D eigenvalue weighted by Crippen LogP contribution is 2.56. The Morgan fingerprint density at radius 2 is 1.33 bits per heavy atom. The van der Waals surface area contributed by atoms with Gasteiger partial charge >= 0.3 is 12.4 Å². The molecule has 4 aromatic rings. The zero-order chi connectivity index (χ0) is 34.3. The molecule has 2 fully saturated rings. The first-order valence-corrected chi connectivity index (χ1v) is 17.0. The number of ether oxygens (including phenoxy) is 1. The number of aliphatic hydroxyl groups is 1. The van der Waals surface area contributed by atoms with Crippen molar-refractivity contribution in [3.8, 4) is 0 Å². The third kappa shape index (κ3) is 6.38. The first-order chi connectivity index (χ1) is 22.7. The number of fused-ring (bicyclic) bond motifs is 2. The third-order valence-corrected chi connectivity index (χ3v) is 11.7. The van der Waals surface area contributed by atoms with Gasteiger partial charge in [0.1, 0.15) is 6.10 Å². The maximum atomic E-state index is 14.3. The molecule has 2 aliphatic heterocycles. The second kappa shape index (κ2) is 13.0. The lowest BCUT2D eigenvalue weighted by Crippen LogP contribution is -2.57. The van der Waals surface area contributed by atoms with Crippen LogP contribution in [0.5, 0.6) is 0 Å². The minimum Gasteiger partial charge on any atom is -0.393 e. The van der Waals surface area contributed by atoms with Gasteiger partial charge < -0.3 is 9.84 Å². The molecule has 0 amide bonds. The first kappa shape index (κ1) is 34.2. The monoisotopic (exact) mass is 689 g/mol. The summed E-state index contributed by atoms with van der Waals surface area (Å²) < 4.78 is 118. The van der Waals surface area contributed by atoms with Crippen LogP contribution in [-0.4, -0.2) is 42.4 Å². The fourth-order valence-corrected chi connectivity index (χ4v) is 9.44. The molecular formula is C36H33F6NO4S. The number of benzene rings is 4. The van der Waals surface area contributed by atoms with Gasteiger partial charge in [-0.3, -0.25) is 4.90 Å². The van der Waals surface area contributed by atoms with Crippen molar-refractivity contribution in [1.82, 2.24) is 4.90 Å². The topological polar surface area (TPSA) is 66.8 Å². The molecule has 2 heterocycles. The van der Waals surface area contributed by atoms with Crippen LogP contribution in [0.15, 0.2) is 114 Å². The van der Waals surface area contributed by atoms with Gasteiger partial charge in [0.15, 0.2) is 9.84 Å². The summed E-state index contributed by atoms with van der Waals surface area (Å²) in [5.41, 5.74) is -3.11. The van der Waals surface area contributed by atoms with Crippen LogP contribution in [0.3, 0.4) is 0 Å². The van der Waals surface area contributed by atoms with Crippen molar-refractivity contribution >= 4 is 9.84 Å². The van der Waals surface area contributed by atoms with E-state index in [1.807, 2.05) is 42.5 Å². The van der Waals surface area contributed by atoms with Crippen LogP contribution in [0.2, 0.25) is 0 Å². The number of halogens is 6. The maximum Gasteiger partial charge on any atom is 0.416 e. The predicted molar refractivity (Wildman–Crippen MR) is 166 cm³/mol. The molecule has 12 heteroatoms. The van der Waals surface area contributed by atoms with Crippen molar-refractivity contribution in [3.63, 3.8) is 0 Å². The van der Waals surface area contributed by atoms with Gasteiger partial charge in [-0.25, -0.2) is 8.42 Å². The minimum absolute atomic E-state index is 0.0339. The number of piperidine rings is 1. The quantitative estimate of drug-likeness (QED) is 0.181. The number of rotatable bonds is 9. The van der Waals surface area contributed by atoms with E-state index in [2.05, 4.69) is 4.90 Å². The van der Waals surface area contributed by atoms with Gasteiger partial charge in [-0.15, -0.1) is 0 Å². The van der Waals surface area contributed by atoms with Gasteiger partial charge in [0.05, 0.1) is 39.5 Å². The molecule has 48 heavy (non-hydrogen) atoms. The Balaban J connectivity index is 1.49. The molecule has 254 valence electrons. The highest BCUT2D eigenvalue weighted by Gasteiger charge is 2.63. The second-order valence-electron chi connectivity index (χ2n) is 12.3. The standard InChI is InChI=1S/C36H33F6NO4S/c37-35(38,39)27-18-25(19-28(20-27)36(40,41)42)31(23-44)47-33-17-16-30-32(48(45,46)29-14-8-3-9-15-29)21-34(33,26-12-6-2-7-13-26)43(30)22-24-10-4-1-5-11-24/h1-15,18-20,30-33,44H,16-17,21-23H2/t30-,31+,32+,33+,34+/m0/s1. The van der Waals surface area contributed by atoms with Gasteiger partial charge in [-0.05, 0) is 66.3 Å². The molecule has 0 saturated carbocycles. The van der Waals surface area contributed by atoms with Crippen LogP contribution in [0.25, 0.3) is 0 Å². The highest BCUT2D eigenvalue weighted by molar-refractivity contribution is 7.92. The average Bonchev–Trinajstić information content (AvgIpc) is 3.29. The van der Waals surface area contributed by atoms with Crippen molar-refractivity contribution in [3.05, 3.63) is 137 Å². The second-order valence-corrected chi connectivity index (χ2v) is 14.5. The van der Waals surface area contributed by atoms with E-state index in [1.165, 1.54) is 12.1 Å². The van der Waals surface area contributed by atoms with Crippen molar-refractivity contribution in [1.29, 1.82) is 0 Å². The van der Waals surface area contributed by atoms with E-state index in [0.29, 0.717) is 30.7 Å². The normalized spacial score (nSPS) is 24.0. The number of alkyl halides is 6. The molecule has 2 bridgehead atoms. The minimum atomic E-state index is -5.09. The zero-order valence-electron chi connectivity index (χ0n) is 25.5. The molecule has 0 spiro atoms. The fourth-order valence-electron chi connectivity index (χ4n) is 7.38. The lowest BCUT2D eigenvalue weighted by Gasteiger charge is -2.50. The summed E-state index contributed by atoms with van der Waals surface area (Å²) >= 11 is 0. The van der Waals surface area contributed by atoms with Crippen molar-refractivity contribution in [2.75, 3.05) is 6.61 Å². The molecular weight excluding hydrogens is 656 g/mol. The van der Waals surface area contributed by atoms with Gasteiger partial charge in [0, 0.05) is 12.6 Å². The van der Waals surface area contributed by atoms with Gasteiger partial charge in [0.2, 0.25) is 0 Å². The third-order valence-electron chi connectivity index (χ3n) is 9.53. The molecule has 2 aliphatic rings. The number of hydrogen-bond acceptors (Lipinski definition) is 5. The average molecular weight is 690 g/mol. The molecule has 0 radical (unpaired) electrons. The lowest BCUT2D eigenvalue weighted by atomic mass is 9.78. The number of sulfone groups is 1. The molecule has 2 saturated heterocycles. The Hall–Kier alpha value is -3.71. The van der Waals surface area contributed by atoms with E-state index in [9.17, 15) is 39.9 Å². The predicted octanol–water partition coefficient (Wildman–Crippen LogP) is 7.95. The summed E-state index contributed by atoms with van der Waals surface area (Å²) in [4.78, 5) is 2.22. The molecule has 0 unspecified atom stereocenters. The fraction of sp³-hybridized carbons (Fsp3) is 0.333. The molecule has 4 aromatic carbocycles. The number of aliphatic hydroxyl groups excluding tert-OH is 1. The van der Waals surface area contributed by atoms with Crippen molar-refractivity contribution in [2.24, 2.45) is 0 Å². The number of hydrogen-bond donors (Lipinski definition) is 1. The Bertz CT molecular complexity index is 1790. The molecule has 0 aliphatic carbocycles. The maximum absolute atomic E-state index is 14.3. The Kier molecular flexibility index (Phi) is 9.22. The largest absolute Gasteiger partial charge is 0.416 e. The summed E-state index contributed by atoms with van der Waals surface area (Å²) in [6, 6.07) is 27.2. The van der Waals surface area contributed by atoms with Crippen LogP contribution in [0, 0.1) is 0 Å². The van der Waals surface area contributed by atoms with Crippen LogP contribution in [0.4, 0.5) is 26.3 Å². The summed E-state index contributed by atoms with van der Waals surface area (Å²) in [7, 11) is -3.91. The van der Waals surface area contributed by atoms with E-state index < -0.39 is 74.5 Å². The zero-order valence-corrected chi connectivity index (χ0v) is 26.3. The van der Waals surface area contributed by atoms with Crippen LogP contribution in [0.1, 0.15) is 53.2 Å². The highest BCUT2D eigenvalue weighted by atomic mass is 32.2. The van der Waals surface area contributed by atoms with Gasteiger partial charge in [-0.2, -0.15) is 26.3 Å². The van der Waals surface area contributed by atoms with E-state index >= 15 is 0 Å². The number of nitrogens with zero attached hydrogens (tertiary/aromatic N) is 1. The summed E-state index contributed by atoms with van der Waals surface area (Å²) in [6.07, 6.45) is -12.1. The van der Waals surface area contributed by atoms with Gasteiger partial charge in [0.25, 0.3) is 0 Å². The van der Waals surface area contributed by atoms with E-state index in [1.54, 1.807) is 36.4 Å². The van der Waals surface area contributed by atoms with Crippen LogP contribution >= 0.6 is 0 Å². The Morgan fingerprint density at radius 3 is 1.88 bits per heavy atom.